The maximum absolute atomic E-state index is 13.3. The third-order valence-corrected chi connectivity index (χ3v) is 10.3. The van der Waals surface area contributed by atoms with Crippen LogP contribution in [0.5, 0.6) is 0 Å². The van der Waals surface area contributed by atoms with E-state index in [0.717, 1.165) is 5.56 Å². The van der Waals surface area contributed by atoms with E-state index in [2.05, 4.69) is 10.4 Å². The van der Waals surface area contributed by atoms with Crippen LogP contribution in [0.2, 0.25) is 0 Å². The van der Waals surface area contributed by atoms with Gasteiger partial charge in [-0.2, -0.15) is 10.4 Å². The topological polar surface area (TPSA) is 162 Å². The summed E-state index contributed by atoms with van der Waals surface area (Å²) in [6.45, 7) is 2.65. The summed E-state index contributed by atoms with van der Waals surface area (Å²) in [4.78, 5) is 39.2. The van der Waals surface area contributed by atoms with Gasteiger partial charge >= 0.3 is 5.97 Å². The molecule has 0 bridgehead atoms. The van der Waals surface area contributed by atoms with E-state index >= 15 is 0 Å². The van der Waals surface area contributed by atoms with Crippen molar-refractivity contribution in [2.75, 3.05) is 13.1 Å². The number of carboxylic acid groups (broad SMARTS) is 1. The Labute approximate surface area is 208 Å². The predicted octanol–water partition coefficient (Wildman–Crippen LogP) is 1.03. The van der Waals surface area contributed by atoms with Crippen LogP contribution in [0.3, 0.4) is 0 Å². The van der Waals surface area contributed by atoms with Crippen LogP contribution in [0.1, 0.15) is 64.4 Å². The molecule has 190 valence electrons. The molecule has 0 unspecified atom stereocenters. The van der Waals surface area contributed by atoms with Crippen LogP contribution in [0.4, 0.5) is 0 Å². The van der Waals surface area contributed by atoms with Crippen molar-refractivity contribution >= 4 is 27.6 Å². The molecular formula is C24H27N5O6S. The Hall–Kier alpha value is -3.72. The van der Waals surface area contributed by atoms with Crippen LogP contribution in [0, 0.1) is 11.3 Å². The second-order valence-electron chi connectivity index (χ2n) is 9.77. The number of rotatable bonds is 8. The fourth-order valence-corrected chi connectivity index (χ4v) is 6.80. The number of carboxylic acids is 1. The summed E-state index contributed by atoms with van der Waals surface area (Å²) in [6, 6.07) is 8.82. The van der Waals surface area contributed by atoms with E-state index in [9.17, 15) is 27.9 Å². The summed E-state index contributed by atoms with van der Waals surface area (Å²) in [5.74, 6) is -2.31. The fraction of sp³-hybridized carbons (Fsp3) is 0.458. The molecule has 0 radical (unpaired) electrons. The van der Waals surface area contributed by atoms with E-state index < -0.39 is 37.1 Å². The van der Waals surface area contributed by atoms with Gasteiger partial charge in [-0.3, -0.25) is 19.1 Å². The summed E-state index contributed by atoms with van der Waals surface area (Å²) < 4.78 is 24.4. The normalized spacial score (nSPS) is 16.7. The molecule has 2 amide bonds. The minimum atomic E-state index is -4.08. The molecule has 2 N–H and O–H groups in total. The molecule has 0 saturated heterocycles. The first kappa shape index (κ1) is 25.4. The van der Waals surface area contributed by atoms with Crippen LogP contribution in [-0.2, 0) is 34.6 Å². The zero-order valence-corrected chi connectivity index (χ0v) is 21.1. The standard InChI is InChI=1S/C24H27N5O6S/c1-23(2,22(32)33)36(34,35)24(9-10-24)14-29-11-8-17-18(27-28(3)19(17)21(29)31)20(30)26-13-16-6-4-15(12-25)5-7-16/h4-7H,8-11,13-14H2,1-3H3,(H,26,30)(H,32,33). The highest BCUT2D eigenvalue weighted by molar-refractivity contribution is 7.95. The second-order valence-corrected chi connectivity index (χ2v) is 12.7. The maximum Gasteiger partial charge on any atom is 0.324 e. The molecule has 1 fully saturated rings. The van der Waals surface area contributed by atoms with Crippen molar-refractivity contribution < 1.29 is 27.9 Å². The largest absolute Gasteiger partial charge is 0.480 e. The minimum absolute atomic E-state index is 0.101. The lowest BCUT2D eigenvalue weighted by Crippen LogP contribution is -2.53. The third kappa shape index (κ3) is 4.03. The molecule has 0 atom stereocenters. The predicted molar refractivity (Wildman–Crippen MR) is 128 cm³/mol. The van der Waals surface area contributed by atoms with Gasteiger partial charge < -0.3 is 15.3 Å². The van der Waals surface area contributed by atoms with Gasteiger partial charge in [-0.05, 0) is 50.8 Å². The van der Waals surface area contributed by atoms with Crippen molar-refractivity contribution in [3.8, 4) is 6.07 Å². The molecular weight excluding hydrogens is 486 g/mol. The number of carbonyl (C=O) groups is 3. The quantitative estimate of drug-likeness (QED) is 0.529. The first-order valence-electron chi connectivity index (χ1n) is 11.4. The van der Waals surface area contributed by atoms with Gasteiger partial charge in [-0.1, -0.05) is 12.1 Å². The van der Waals surface area contributed by atoms with E-state index in [1.54, 1.807) is 31.3 Å². The Morgan fingerprint density at radius 3 is 2.44 bits per heavy atom. The Kier molecular flexibility index (Phi) is 6.16. The van der Waals surface area contributed by atoms with Gasteiger partial charge in [0, 0.05) is 32.2 Å². The van der Waals surface area contributed by atoms with Crippen LogP contribution in [0.25, 0.3) is 0 Å². The molecule has 1 aromatic heterocycles. The zero-order chi connectivity index (χ0) is 26.5. The summed E-state index contributed by atoms with van der Waals surface area (Å²) in [5, 5.41) is 25.4. The number of aryl methyl sites for hydroxylation is 1. The fourth-order valence-electron chi connectivity index (χ4n) is 4.52. The molecule has 1 aliphatic carbocycles. The number of sulfone groups is 1. The number of nitriles is 1. The minimum Gasteiger partial charge on any atom is -0.480 e. The molecule has 4 rings (SSSR count). The molecule has 11 nitrogen and oxygen atoms in total. The number of benzene rings is 1. The molecule has 2 aliphatic rings. The number of hydrogen-bond donors (Lipinski definition) is 2. The highest BCUT2D eigenvalue weighted by atomic mass is 32.2. The number of nitrogens with one attached hydrogen (secondary N) is 1. The molecule has 1 saturated carbocycles. The van der Waals surface area contributed by atoms with Crippen LogP contribution in [-0.4, -0.2) is 68.6 Å². The summed E-state index contributed by atoms with van der Waals surface area (Å²) in [5.41, 5.74) is 2.16. The molecule has 12 heteroatoms. The van der Waals surface area contributed by atoms with Gasteiger partial charge in [0.25, 0.3) is 11.8 Å². The maximum atomic E-state index is 13.3. The van der Waals surface area contributed by atoms with E-state index in [-0.39, 0.29) is 43.9 Å². The van der Waals surface area contributed by atoms with E-state index in [1.807, 2.05) is 6.07 Å². The molecule has 2 heterocycles. The average Bonchev–Trinajstić information content (AvgIpc) is 3.55. The van der Waals surface area contributed by atoms with Crippen molar-refractivity contribution in [3.63, 3.8) is 0 Å². The first-order chi connectivity index (χ1) is 16.8. The lowest BCUT2D eigenvalue weighted by molar-refractivity contribution is -0.139. The summed E-state index contributed by atoms with van der Waals surface area (Å²) >= 11 is 0. The van der Waals surface area contributed by atoms with Crippen molar-refractivity contribution in [2.45, 2.75) is 49.1 Å². The summed E-state index contributed by atoms with van der Waals surface area (Å²) in [7, 11) is -2.53. The van der Waals surface area contributed by atoms with Gasteiger partial charge in [0.1, 0.15) is 5.69 Å². The highest BCUT2D eigenvalue weighted by Crippen LogP contribution is 2.49. The molecule has 2 aromatic rings. The van der Waals surface area contributed by atoms with Gasteiger partial charge in [0.05, 0.1) is 16.4 Å². The number of aromatic nitrogens is 2. The smallest absolute Gasteiger partial charge is 0.324 e. The van der Waals surface area contributed by atoms with Gasteiger partial charge in [0.15, 0.2) is 20.3 Å². The Morgan fingerprint density at radius 2 is 1.89 bits per heavy atom. The Bertz CT molecular complexity index is 1400. The van der Waals surface area contributed by atoms with Gasteiger partial charge in [-0.15, -0.1) is 0 Å². The lowest BCUT2D eigenvalue weighted by atomic mass is 10.0. The third-order valence-electron chi connectivity index (χ3n) is 7.06. The van der Waals surface area contributed by atoms with E-state index in [1.165, 1.54) is 23.4 Å². The Morgan fingerprint density at radius 1 is 1.25 bits per heavy atom. The zero-order valence-electron chi connectivity index (χ0n) is 20.2. The molecule has 1 aliphatic heterocycles. The number of nitrogens with zero attached hydrogens (tertiary/aromatic N) is 4. The van der Waals surface area contributed by atoms with E-state index in [4.69, 9.17) is 5.26 Å². The highest BCUT2D eigenvalue weighted by Gasteiger charge is 2.63. The molecule has 0 spiro atoms. The monoisotopic (exact) mass is 513 g/mol. The summed E-state index contributed by atoms with van der Waals surface area (Å²) in [6.07, 6.45) is 0.890. The molecule has 36 heavy (non-hydrogen) atoms. The number of aliphatic carboxylic acids is 1. The van der Waals surface area contributed by atoms with Crippen LogP contribution < -0.4 is 5.32 Å². The van der Waals surface area contributed by atoms with Crippen LogP contribution in [0.15, 0.2) is 24.3 Å². The van der Waals surface area contributed by atoms with Gasteiger partial charge in [0.2, 0.25) is 0 Å². The average molecular weight is 514 g/mol. The van der Waals surface area contributed by atoms with E-state index in [0.29, 0.717) is 17.5 Å². The number of hydrogen-bond acceptors (Lipinski definition) is 7. The number of carbonyl (C=O) groups excluding carboxylic acids is 2. The van der Waals surface area contributed by atoms with Crippen molar-refractivity contribution in [2.24, 2.45) is 7.05 Å². The first-order valence-corrected chi connectivity index (χ1v) is 12.9. The van der Waals surface area contributed by atoms with Gasteiger partial charge in [-0.25, -0.2) is 8.42 Å². The lowest BCUT2D eigenvalue weighted by Gasteiger charge is -2.33. The second kappa shape index (κ2) is 8.74. The number of fused-ring (bicyclic) bond motifs is 1. The van der Waals surface area contributed by atoms with Crippen molar-refractivity contribution in [1.82, 2.24) is 20.0 Å². The van der Waals surface area contributed by atoms with Crippen molar-refractivity contribution in [3.05, 3.63) is 52.3 Å². The van der Waals surface area contributed by atoms with Crippen LogP contribution >= 0.6 is 0 Å². The number of amides is 2. The SMILES string of the molecule is Cn1nc(C(=O)NCc2ccc(C#N)cc2)c2c1C(=O)N(CC1(S(=O)(=O)C(C)(C)C(=O)O)CC1)CC2. The molecule has 1 aromatic carbocycles. The van der Waals surface area contributed by atoms with Crippen molar-refractivity contribution in [1.29, 1.82) is 5.26 Å². The Balaban J connectivity index is 1.51.